The lowest BCUT2D eigenvalue weighted by Crippen LogP contribution is -1.94. The molecule has 4 nitrogen and oxygen atoms in total. The molecule has 2 aromatic heterocycles. The number of hydrogen-bond acceptors (Lipinski definition) is 3. The number of hydrogen-bond donors (Lipinski definition) is 0. The molecule has 3 aromatic rings. The van der Waals surface area contributed by atoms with Gasteiger partial charge in [-0.3, -0.25) is 9.38 Å². The third-order valence-electron chi connectivity index (χ3n) is 2.44. The van der Waals surface area contributed by atoms with Gasteiger partial charge in [-0.1, -0.05) is 27.5 Å². The van der Waals surface area contributed by atoms with Crippen molar-refractivity contribution in [3.63, 3.8) is 0 Å². The van der Waals surface area contributed by atoms with Gasteiger partial charge in [0, 0.05) is 4.47 Å². The second-order valence-electron chi connectivity index (χ2n) is 3.57. The highest BCUT2D eigenvalue weighted by molar-refractivity contribution is 9.10. The van der Waals surface area contributed by atoms with Crippen molar-refractivity contribution in [3.05, 3.63) is 46.0 Å². The molecule has 0 saturated heterocycles. The maximum Gasteiger partial charge on any atom is 0.180 e. The number of fused-ring (bicyclic) bond motifs is 1. The van der Waals surface area contributed by atoms with Crippen LogP contribution in [-0.2, 0) is 0 Å². The summed E-state index contributed by atoms with van der Waals surface area (Å²) in [4.78, 5) is 3.90. The fourth-order valence-electron chi connectivity index (χ4n) is 1.66. The van der Waals surface area contributed by atoms with Crippen LogP contribution in [0.2, 0.25) is 5.15 Å². The van der Waals surface area contributed by atoms with Crippen LogP contribution in [0.3, 0.4) is 0 Å². The minimum atomic E-state index is -0.389. The summed E-state index contributed by atoms with van der Waals surface area (Å²) in [5, 5.41) is 8.19. The van der Waals surface area contributed by atoms with Crippen molar-refractivity contribution in [2.24, 2.45) is 0 Å². The van der Waals surface area contributed by atoms with Crippen LogP contribution in [0, 0.1) is 5.82 Å². The molecule has 0 aliphatic carbocycles. The van der Waals surface area contributed by atoms with Crippen LogP contribution in [0.15, 0.2) is 35.1 Å². The monoisotopic (exact) mass is 326 g/mol. The molecule has 0 amide bonds. The van der Waals surface area contributed by atoms with Crippen molar-refractivity contribution >= 4 is 33.2 Å². The van der Waals surface area contributed by atoms with E-state index in [2.05, 4.69) is 31.1 Å². The van der Waals surface area contributed by atoms with Gasteiger partial charge in [-0.2, -0.15) is 0 Å². The Morgan fingerprint density at radius 3 is 2.89 bits per heavy atom. The summed E-state index contributed by atoms with van der Waals surface area (Å²) < 4.78 is 16.1. The highest BCUT2D eigenvalue weighted by atomic mass is 79.9. The fourth-order valence-corrected chi connectivity index (χ4v) is 2.24. The molecular weight excluding hydrogens is 323 g/mol. The quantitative estimate of drug-likeness (QED) is 0.688. The second kappa shape index (κ2) is 4.29. The molecule has 2 heterocycles. The zero-order chi connectivity index (χ0) is 12.7. The Morgan fingerprint density at radius 2 is 2.06 bits per heavy atom. The summed E-state index contributed by atoms with van der Waals surface area (Å²) in [7, 11) is 0. The third-order valence-corrected chi connectivity index (χ3v) is 3.20. The first-order chi connectivity index (χ1) is 8.66. The minimum Gasteiger partial charge on any atom is -0.262 e. The largest absolute Gasteiger partial charge is 0.262 e. The van der Waals surface area contributed by atoms with Crippen molar-refractivity contribution in [1.82, 2.24) is 19.6 Å². The minimum absolute atomic E-state index is 0.324. The number of rotatable bonds is 1. The maximum absolute atomic E-state index is 13.8. The Morgan fingerprint density at radius 1 is 1.22 bits per heavy atom. The first-order valence-corrected chi connectivity index (χ1v) is 6.14. The van der Waals surface area contributed by atoms with Crippen LogP contribution in [0.4, 0.5) is 4.39 Å². The number of benzene rings is 1. The van der Waals surface area contributed by atoms with E-state index in [9.17, 15) is 4.39 Å². The lowest BCUT2D eigenvalue weighted by atomic mass is 10.2. The molecule has 18 heavy (non-hydrogen) atoms. The Balaban J connectivity index is 2.35. The van der Waals surface area contributed by atoms with Crippen LogP contribution in [0.25, 0.3) is 17.0 Å². The van der Waals surface area contributed by atoms with E-state index in [1.54, 1.807) is 16.5 Å². The molecule has 0 fully saturated rings. The van der Waals surface area contributed by atoms with Crippen LogP contribution in [0.1, 0.15) is 0 Å². The molecule has 0 aliphatic rings. The normalized spacial score (nSPS) is 11.1. The van der Waals surface area contributed by atoms with E-state index in [-0.39, 0.29) is 5.82 Å². The van der Waals surface area contributed by atoms with Gasteiger partial charge < -0.3 is 0 Å². The Labute approximate surface area is 115 Å². The van der Waals surface area contributed by atoms with Crippen molar-refractivity contribution in [3.8, 4) is 11.4 Å². The third kappa shape index (κ3) is 1.77. The molecule has 0 unspecified atom stereocenters. The summed E-state index contributed by atoms with van der Waals surface area (Å²) in [6.07, 6.45) is 2.97. The molecule has 0 atom stereocenters. The Kier molecular flexibility index (Phi) is 2.76. The second-order valence-corrected chi connectivity index (χ2v) is 4.87. The van der Waals surface area contributed by atoms with Gasteiger partial charge in [0.25, 0.3) is 0 Å². The summed E-state index contributed by atoms with van der Waals surface area (Å²) in [6, 6.07) is 4.60. The Hall–Kier alpha value is -1.53. The molecule has 0 saturated carbocycles. The summed E-state index contributed by atoms with van der Waals surface area (Å²) in [6.45, 7) is 0. The lowest BCUT2D eigenvalue weighted by Gasteiger charge is -2.03. The molecule has 7 heteroatoms. The van der Waals surface area contributed by atoms with Crippen LogP contribution >= 0.6 is 27.5 Å². The van der Waals surface area contributed by atoms with Gasteiger partial charge in [-0.25, -0.2) is 4.39 Å². The van der Waals surface area contributed by atoms with Gasteiger partial charge >= 0.3 is 0 Å². The zero-order valence-electron chi connectivity index (χ0n) is 8.81. The van der Waals surface area contributed by atoms with E-state index in [0.29, 0.717) is 22.2 Å². The van der Waals surface area contributed by atoms with E-state index in [0.717, 1.165) is 4.47 Å². The van der Waals surface area contributed by atoms with Crippen molar-refractivity contribution in [2.75, 3.05) is 0 Å². The van der Waals surface area contributed by atoms with Crippen LogP contribution < -0.4 is 0 Å². The topological polar surface area (TPSA) is 43.1 Å². The Bertz CT molecular complexity index is 743. The van der Waals surface area contributed by atoms with Gasteiger partial charge in [-0.05, 0) is 18.2 Å². The molecule has 0 aliphatic heterocycles. The number of nitrogens with zero attached hydrogens (tertiary/aromatic N) is 4. The average molecular weight is 328 g/mol. The van der Waals surface area contributed by atoms with E-state index >= 15 is 0 Å². The van der Waals surface area contributed by atoms with Gasteiger partial charge in [0.1, 0.15) is 11.0 Å². The molecule has 0 radical (unpaired) electrons. The fraction of sp³-hybridized carbons (Fsp3) is 0. The summed E-state index contributed by atoms with van der Waals surface area (Å²) in [5.74, 6) is -0.0448. The average Bonchev–Trinajstić information content (AvgIpc) is 2.77. The first-order valence-electron chi connectivity index (χ1n) is 4.97. The van der Waals surface area contributed by atoms with Gasteiger partial charge in [-0.15, -0.1) is 10.2 Å². The predicted octanol–water partition coefficient (Wildman–Crippen LogP) is 3.35. The smallest absolute Gasteiger partial charge is 0.180 e. The van der Waals surface area contributed by atoms with Gasteiger partial charge in [0.15, 0.2) is 11.5 Å². The molecule has 3 rings (SSSR count). The van der Waals surface area contributed by atoms with E-state index in [1.165, 1.54) is 18.5 Å². The number of aromatic nitrogens is 4. The lowest BCUT2D eigenvalue weighted by molar-refractivity contribution is 0.629. The van der Waals surface area contributed by atoms with Crippen molar-refractivity contribution < 1.29 is 4.39 Å². The molecule has 0 N–H and O–H groups in total. The van der Waals surface area contributed by atoms with Crippen LogP contribution in [0.5, 0.6) is 0 Å². The van der Waals surface area contributed by atoms with Crippen LogP contribution in [-0.4, -0.2) is 19.6 Å². The molecular formula is C11H5BrClFN4. The van der Waals surface area contributed by atoms with Crippen molar-refractivity contribution in [2.45, 2.75) is 0 Å². The highest BCUT2D eigenvalue weighted by Crippen LogP contribution is 2.26. The van der Waals surface area contributed by atoms with E-state index in [4.69, 9.17) is 11.6 Å². The predicted molar refractivity (Wildman–Crippen MR) is 68.9 cm³/mol. The number of halogens is 3. The SMILES string of the molecule is Fc1ccc(Br)cc1-c1nnc2cncc(Cl)n12. The van der Waals surface area contributed by atoms with E-state index in [1.807, 2.05) is 0 Å². The summed E-state index contributed by atoms with van der Waals surface area (Å²) >= 11 is 9.33. The van der Waals surface area contributed by atoms with Crippen molar-refractivity contribution in [1.29, 1.82) is 0 Å². The maximum atomic E-state index is 13.8. The molecule has 0 spiro atoms. The van der Waals surface area contributed by atoms with E-state index < -0.39 is 0 Å². The standard InChI is InChI=1S/C11H5BrClFN4/c12-6-1-2-8(14)7(3-6)11-17-16-10-5-15-4-9(13)18(10)11/h1-5H. The summed E-state index contributed by atoms with van der Waals surface area (Å²) in [5.41, 5.74) is 0.793. The molecule has 90 valence electrons. The van der Waals surface area contributed by atoms with Gasteiger partial charge in [0.05, 0.1) is 18.0 Å². The molecule has 1 aromatic carbocycles. The molecule has 0 bridgehead atoms. The highest BCUT2D eigenvalue weighted by Gasteiger charge is 2.14. The van der Waals surface area contributed by atoms with Gasteiger partial charge in [0.2, 0.25) is 0 Å². The first kappa shape index (κ1) is 11.6. The zero-order valence-corrected chi connectivity index (χ0v) is 11.2.